The van der Waals surface area contributed by atoms with Gasteiger partial charge in [0.1, 0.15) is 5.52 Å². The normalized spacial score (nSPS) is 12.3. The molecule has 0 aliphatic carbocycles. The van der Waals surface area contributed by atoms with E-state index in [0.29, 0.717) is 5.95 Å². The third kappa shape index (κ3) is 4.74. The molecule has 0 atom stereocenters. The van der Waals surface area contributed by atoms with E-state index in [4.69, 9.17) is 19.9 Å². The molecule has 14 aromatic rings. The zero-order chi connectivity index (χ0) is 40.6. The van der Waals surface area contributed by atoms with Crippen LogP contribution in [0.4, 0.5) is 0 Å². The molecule has 0 saturated carbocycles. The lowest BCUT2D eigenvalue weighted by Gasteiger charge is -2.13. The summed E-state index contributed by atoms with van der Waals surface area (Å²) in [5.74, 6) is 0.618. The van der Waals surface area contributed by atoms with Gasteiger partial charge in [0.2, 0.25) is 5.95 Å². The van der Waals surface area contributed by atoms with E-state index in [9.17, 15) is 0 Å². The van der Waals surface area contributed by atoms with Crippen molar-refractivity contribution >= 4 is 118 Å². The summed E-state index contributed by atoms with van der Waals surface area (Å²) in [5, 5.41) is 9.52. The lowest BCUT2D eigenvalue weighted by atomic mass is 10.0. The van der Waals surface area contributed by atoms with Crippen LogP contribution >= 0.6 is 22.7 Å². The van der Waals surface area contributed by atoms with E-state index >= 15 is 0 Å². The Morgan fingerprint density at radius 3 is 1.71 bits per heavy atom. The first-order valence-corrected chi connectivity index (χ1v) is 22.2. The number of fused-ring (bicyclic) bond motifs is 14. The molecule has 0 spiro atoms. The summed E-state index contributed by atoms with van der Waals surface area (Å²) in [4.78, 5) is 20.7. The summed E-state index contributed by atoms with van der Waals surface area (Å²) >= 11 is 3.66. The van der Waals surface area contributed by atoms with Crippen molar-refractivity contribution in [1.82, 2.24) is 33.6 Å². The molecular weight excluding hydrogens is 799 g/mol. The molecule has 0 saturated heterocycles. The monoisotopic (exact) mass is 829 g/mol. The van der Waals surface area contributed by atoms with Gasteiger partial charge in [-0.05, 0) is 60.7 Å². The molecule has 0 aliphatic rings. The summed E-state index contributed by atoms with van der Waals surface area (Å²) in [6.45, 7) is 0. The molecule has 62 heavy (non-hydrogen) atoms. The number of nitrogens with zero attached hydrogens (tertiary/aromatic N) is 7. The molecule has 7 aromatic carbocycles. The molecular formula is C53H31N7S2. The average Bonchev–Trinajstić information content (AvgIpc) is 4.14. The molecule has 7 nitrogen and oxygen atoms in total. The fourth-order valence-electron chi connectivity index (χ4n) is 9.77. The van der Waals surface area contributed by atoms with Crippen LogP contribution in [0.2, 0.25) is 0 Å². The fraction of sp³-hybridized carbons (Fsp3) is 0.0189. The smallest absolute Gasteiger partial charge is 0.235 e. The number of hydrogen-bond donors (Lipinski definition) is 0. The van der Waals surface area contributed by atoms with Crippen molar-refractivity contribution in [3.8, 4) is 34.2 Å². The van der Waals surface area contributed by atoms with E-state index < -0.39 is 0 Å². The SMILES string of the molecule is Cn1cnc2c(-n3c4ccccc4c4c3ccc3c5ccccc5n(-c5nc(-c6ccc7sc8ccccc8c7c6)cc(-c6ccc7sc8ccccc8c7c6)n5)c34)cncc21. The second-order valence-corrected chi connectivity index (χ2v) is 18.2. The maximum Gasteiger partial charge on any atom is 0.235 e. The van der Waals surface area contributed by atoms with Gasteiger partial charge in [0.05, 0.1) is 63.4 Å². The topological polar surface area (TPSA) is 66.3 Å². The fourth-order valence-corrected chi connectivity index (χ4v) is 11.9. The number of aromatic nitrogens is 7. The number of imidazole rings is 1. The Morgan fingerprint density at radius 1 is 0.452 bits per heavy atom. The lowest BCUT2D eigenvalue weighted by molar-refractivity contribution is 0.945. The third-order valence-corrected chi connectivity index (χ3v) is 14.9. The Morgan fingerprint density at radius 2 is 1.03 bits per heavy atom. The Balaban J connectivity index is 1.10. The minimum Gasteiger partial charge on any atom is -0.332 e. The van der Waals surface area contributed by atoms with E-state index in [1.165, 1.54) is 40.3 Å². The van der Waals surface area contributed by atoms with Crippen molar-refractivity contribution in [3.63, 3.8) is 0 Å². The molecule has 0 bridgehead atoms. The van der Waals surface area contributed by atoms with E-state index in [1.807, 2.05) is 53.0 Å². The van der Waals surface area contributed by atoms with Gasteiger partial charge >= 0.3 is 0 Å². The Labute approximate surface area is 361 Å². The first-order chi connectivity index (χ1) is 30.6. The molecule has 0 aliphatic heterocycles. The van der Waals surface area contributed by atoms with Crippen LogP contribution in [-0.4, -0.2) is 33.6 Å². The highest BCUT2D eigenvalue weighted by Crippen LogP contribution is 2.44. The van der Waals surface area contributed by atoms with Gasteiger partial charge in [-0.2, -0.15) is 0 Å². The molecule has 7 heterocycles. The van der Waals surface area contributed by atoms with Crippen molar-refractivity contribution in [3.05, 3.63) is 170 Å². The zero-order valence-electron chi connectivity index (χ0n) is 33.1. The number of thiophene rings is 2. The highest BCUT2D eigenvalue weighted by molar-refractivity contribution is 7.26. The van der Waals surface area contributed by atoms with Crippen LogP contribution in [0.25, 0.3) is 129 Å². The van der Waals surface area contributed by atoms with Crippen LogP contribution in [-0.2, 0) is 7.05 Å². The predicted octanol–water partition coefficient (Wildman–Crippen LogP) is 14.0. The highest BCUT2D eigenvalue weighted by Gasteiger charge is 2.24. The summed E-state index contributed by atoms with van der Waals surface area (Å²) in [6.07, 6.45) is 5.68. The van der Waals surface area contributed by atoms with Crippen LogP contribution in [0.5, 0.6) is 0 Å². The Kier molecular flexibility index (Phi) is 6.95. The van der Waals surface area contributed by atoms with Gasteiger partial charge in [-0.15, -0.1) is 22.7 Å². The van der Waals surface area contributed by atoms with Crippen LogP contribution < -0.4 is 0 Å². The van der Waals surface area contributed by atoms with Crippen LogP contribution in [0, 0.1) is 0 Å². The Bertz CT molecular complexity index is 4070. The van der Waals surface area contributed by atoms with Crippen molar-refractivity contribution < 1.29 is 0 Å². The number of aryl methyl sites for hydroxylation is 1. The first-order valence-electron chi connectivity index (χ1n) is 20.6. The number of benzene rings is 7. The summed E-state index contributed by atoms with van der Waals surface area (Å²) in [6, 6.07) is 54.9. The third-order valence-electron chi connectivity index (χ3n) is 12.6. The maximum atomic E-state index is 5.57. The van der Waals surface area contributed by atoms with Crippen LogP contribution in [0.15, 0.2) is 170 Å². The summed E-state index contributed by atoms with van der Waals surface area (Å²) in [7, 11) is 2.01. The van der Waals surface area contributed by atoms with Crippen molar-refractivity contribution in [2.75, 3.05) is 0 Å². The van der Waals surface area contributed by atoms with Crippen LogP contribution in [0.3, 0.4) is 0 Å². The van der Waals surface area contributed by atoms with Crippen molar-refractivity contribution in [2.45, 2.75) is 0 Å². The zero-order valence-corrected chi connectivity index (χ0v) is 34.7. The summed E-state index contributed by atoms with van der Waals surface area (Å²) in [5.41, 5.74) is 10.9. The summed E-state index contributed by atoms with van der Waals surface area (Å²) < 4.78 is 11.7. The molecule has 9 heteroatoms. The molecule has 7 aromatic heterocycles. The van der Waals surface area contributed by atoms with E-state index in [2.05, 4.69) is 161 Å². The largest absolute Gasteiger partial charge is 0.332 e. The molecule has 14 rings (SSSR count). The van der Waals surface area contributed by atoms with E-state index in [-0.39, 0.29) is 0 Å². The van der Waals surface area contributed by atoms with Gasteiger partial charge in [0.15, 0.2) is 0 Å². The average molecular weight is 830 g/mol. The molecule has 0 amide bonds. The highest BCUT2D eigenvalue weighted by atomic mass is 32.1. The Hall–Kier alpha value is -7.72. The minimum atomic E-state index is 0.618. The van der Waals surface area contributed by atoms with Gasteiger partial charge in [0, 0.05) is 80.1 Å². The quantitative estimate of drug-likeness (QED) is 0.177. The second-order valence-electron chi connectivity index (χ2n) is 16.0. The van der Waals surface area contributed by atoms with Gasteiger partial charge in [-0.1, -0.05) is 91.0 Å². The van der Waals surface area contributed by atoms with Gasteiger partial charge < -0.3 is 9.13 Å². The molecule has 290 valence electrons. The standard InChI is InChI=1S/C53H31N7S2/c1-58-29-55-51-44(58)27-54-28-45(51)59-42-15-7-3-13-36(42)50-43(59)21-20-35-32-10-2-6-14-41(32)60(52(35)50)53-56-39(30-18-22-48-37(24-30)33-11-4-8-16-46(33)61-48)26-40(57-53)31-19-23-49-38(25-31)34-12-5-9-17-47(34)62-49/h2-29H,1H3. The number of rotatable bonds is 4. The van der Waals surface area contributed by atoms with Crippen molar-refractivity contribution in [1.29, 1.82) is 0 Å². The van der Waals surface area contributed by atoms with E-state index in [1.54, 1.807) is 0 Å². The second kappa shape index (κ2) is 12.7. The number of hydrogen-bond acceptors (Lipinski definition) is 6. The van der Waals surface area contributed by atoms with Crippen LogP contribution in [0.1, 0.15) is 0 Å². The maximum absolute atomic E-state index is 5.57. The number of para-hydroxylation sites is 2. The molecule has 0 fully saturated rings. The predicted molar refractivity (Wildman–Crippen MR) is 259 cm³/mol. The van der Waals surface area contributed by atoms with Gasteiger partial charge in [-0.25, -0.2) is 15.0 Å². The first kappa shape index (κ1) is 34.0. The van der Waals surface area contributed by atoms with Crippen molar-refractivity contribution in [2.24, 2.45) is 7.05 Å². The molecule has 0 N–H and O–H groups in total. The number of pyridine rings is 1. The van der Waals surface area contributed by atoms with Gasteiger partial charge in [0.25, 0.3) is 0 Å². The lowest BCUT2D eigenvalue weighted by Crippen LogP contribution is -2.04. The van der Waals surface area contributed by atoms with E-state index in [0.717, 1.165) is 82.8 Å². The molecule has 0 radical (unpaired) electrons. The molecule has 0 unspecified atom stereocenters. The minimum absolute atomic E-state index is 0.618. The van der Waals surface area contributed by atoms with Gasteiger partial charge in [-0.3, -0.25) is 9.55 Å².